The number of urea groups is 1. The van der Waals surface area contributed by atoms with Crippen LogP contribution in [0.2, 0.25) is 0 Å². The third-order valence-corrected chi connectivity index (χ3v) is 7.66. The zero-order valence-electron chi connectivity index (χ0n) is 30.2. The minimum absolute atomic E-state index is 0.0733. The van der Waals surface area contributed by atoms with Crippen LogP contribution in [0.1, 0.15) is 42.6 Å². The molecule has 13 heteroatoms. The Hall–Kier alpha value is -5.43. The third-order valence-electron chi connectivity index (χ3n) is 7.66. The van der Waals surface area contributed by atoms with E-state index >= 15 is 0 Å². The van der Waals surface area contributed by atoms with Gasteiger partial charge >= 0.3 is 12.0 Å². The summed E-state index contributed by atoms with van der Waals surface area (Å²) in [5.74, 6) is -1.33. The molecule has 0 aromatic heterocycles. The van der Waals surface area contributed by atoms with Gasteiger partial charge in [0.15, 0.2) is 0 Å². The standard InChI is InChI=1S/C38H49N6O7/c1-27(2)18-20-43(25-34(45)39-30-14-16-31(17-15-30)40-38(49)41-33-13-8-7-10-28(33)3)35(46)26-44(21-19-36(47)51-23-22-42(4)5)37(48)29-11-9-12-32(24-29)50-6/h7-17,24-25,27H,18-23,26H2,1-6H3,(H,39,45)(H2,40,41,49). The summed E-state index contributed by atoms with van der Waals surface area (Å²) in [5.41, 5.74) is 2.86. The van der Waals surface area contributed by atoms with E-state index in [-0.39, 0.29) is 44.1 Å². The molecule has 3 rings (SSSR count). The lowest BCUT2D eigenvalue weighted by atomic mass is 10.1. The molecule has 0 aliphatic carbocycles. The number of aryl methyl sites for hydroxylation is 1. The number of anilines is 3. The van der Waals surface area contributed by atoms with Crippen LogP contribution in [-0.4, -0.2) is 98.4 Å². The quantitative estimate of drug-likeness (QED) is 0.152. The second kappa shape index (κ2) is 20.3. The van der Waals surface area contributed by atoms with Crippen LogP contribution in [0.25, 0.3) is 0 Å². The highest BCUT2D eigenvalue weighted by atomic mass is 16.5. The number of rotatable bonds is 18. The first-order valence-corrected chi connectivity index (χ1v) is 16.8. The number of nitrogens with one attached hydrogen (secondary N) is 3. The van der Waals surface area contributed by atoms with Gasteiger partial charge in [-0.25, -0.2) is 4.79 Å². The molecule has 3 aromatic rings. The normalized spacial score (nSPS) is 10.7. The van der Waals surface area contributed by atoms with E-state index in [1.807, 2.05) is 58.0 Å². The molecule has 0 aliphatic heterocycles. The smallest absolute Gasteiger partial charge is 0.323 e. The summed E-state index contributed by atoms with van der Waals surface area (Å²) in [7, 11) is 5.21. The average Bonchev–Trinajstić information content (AvgIpc) is 3.09. The molecule has 1 radical (unpaired) electrons. The molecule has 5 amide bonds. The lowest BCUT2D eigenvalue weighted by Gasteiger charge is -2.27. The molecule has 3 aromatic carbocycles. The van der Waals surface area contributed by atoms with Crippen molar-refractivity contribution in [1.29, 1.82) is 0 Å². The number of hydrogen-bond acceptors (Lipinski definition) is 8. The van der Waals surface area contributed by atoms with Crippen LogP contribution in [0.15, 0.2) is 72.8 Å². The molecular weight excluding hydrogens is 652 g/mol. The Bertz CT molecular complexity index is 1630. The Labute approximate surface area is 300 Å². The number of likely N-dealkylation sites (N-methyl/N-ethyl adjacent to an activating group) is 1. The number of methoxy groups -OCH3 is 1. The second-order valence-corrected chi connectivity index (χ2v) is 12.6. The van der Waals surface area contributed by atoms with E-state index < -0.39 is 29.7 Å². The molecule has 13 nitrogen and oxygen atoms in total. The Kier molecular flexibility index (Phi) is 15.9. The van der Waals surface area contributed by atoms with Gasteiger partial charge < -0.3 is 40.1 Å². The van der Waals surface area contributed by atoms with Crippen LogP contribution < -0.4 is 20.7 Å². The van der Waals surface area contributed by atoms with Crippen molar-refractivity contribution in [3.63, 3.8) is 0 Å². The van der Waals surface area contributed by atoms with Gasteiger partial charge in [-0.1, -0.05) is 38.1 Å². The van der Waals surface area contributed by atoms with E-state index in [0.29, 0.717) is 35.8 Å². The van der Waals surface area contributed by atoms with Gasteiger partial charge in [-0.05, 0) is 87.5 Å². The van der Waals surface area contributed by atoms with Crippen LogP contribution in [0.3, 0.4) is 0 Å². The van der Waals surface area contributed by atoms with Crippen LogP contribution in [0.5, 0.6) is 5.75 Å². The van der Waals surface area contributed by atoms with E-state index in [1.165, 1.54) is 23.5 Å². The number of nitrogens with zero attached hydrogens (tertiary/aromatic N) is 3. The third kappa shape index (κ3) is 14.1. The first kappa shape index (κ1) is 40.0. The van der Waals surface area contributed by atoms with Crippen molar-refractivity contribution in [2.45, 2.75) is 33.6 Å². The summed E-state index contributed by atoms with van der Waals surface area (Å²) in [6.07, 6.45) is 0.480. The fourth-order valence-electron chi connectivity index (χ4n) is 4.69. The highest BCUT2D eigenvalue weighted by Gasteiger charge is 2.25. The molecule has 0 unspecified atom stereocenters. The Balaban J connectivity index is 1.67. The minimum atomic E-state index is -0.555. The zero-order chi connectivity index (χ0) is 37.3. The van der Waals surface area contributed by atoms with Gasteiger partial charge in [0, 0.05) is 42.3 Å². The fraction of sp³-hybridized carbons (Fsp3) is 0.368. The first-order valence-electron chi connectivity index (χ1n) is 16.8. The van der Waals surface area contributed by atoms with Crippen LogP contribution in [0.4, 0.5) is 21.9 Å². The van der Waals surface area contributed by atoms with E-state index in [2.05, 4.69) is 16.0 Å². The van der Waals surface area contributed by atoms with E-state index in [1.54, 1.807) is 54.6 Å². The van der Waals surface area contributed by atoms with Crippen molar-refractivity contribution in [3.8, 4) is 5.75 Å². The topological polar surface area (TPSA) is 150 Å². The highest BCUT2D eigenvalue weighted by molar-refractivity contribution is 6.02. The minimum Gasteiger partial charge on any atom is -0.497 e. The largest absolute Gasteiger partial charge is 0.497 e. The molecule has 0 heterocycles. The Morgan fingerprint density at radius 2 is 1.51 bits per heavy atom. The molecule has 51 heavy (non-hydrogen) atoms. The number of carbonyl (C=O) groups is 5. The molecule has 3 N–H and O–H groups in total. The molecule has 0 fully saturated rings. The van der Waals surface area contributed by atoms with Crippen molar-refractivity contribution >= 4 is 46.8 Å². The molecule has 0 saturated heterocycles. The maximum atomic E-state index is 13.7. The second-order valence-electron chi connectivity index (χ2n) is 12.6. The highest BCUT2D eigenvalue weighted by Crippen LogP contribution is 2.18. The number of carbonyl (C=O) groups excluding carboxylic acids is 5. The van der Waals surface area contributed by atoms with Gasteiger partial charge in [0.1, 0.15) is 25.4 Å². The molecule has 273 valence electrons. The summed E-state index contributed by atoms with van der Waals surface area (Å²) in [6.45, 7) is 7.60. The van der Waals surface area contributed by atoms with Crippen molar-refractivity contribution in [1.82, 2.24) is 14.7 Å². The van der Waals surface area contributed by atoms with Gasteiger partial charge in [0.2, 0.25) is 11.8 Å². The zero-order valence-corrected chi connectivity index (χ0v) is 30.2. The van der Waals surface area contributed by atoms with Gasteiger partial charge in [0.05, 0.1) is 13.5 Å². The molecule has 0 atom stereocenters. The van der Waals surface area contributed by atoms with Crippen molar-refractivity contribution in [2.24, 2.45) is 5.92 Å². The monoisotopic (exact) mass is 701 g/mol. The summed E-state index contributed by atoms with van der Waals surface area (Å²) in [6, 6.07) is 20.1. The summed E-state index contributed by atoms with van der Waals surface area (Å²) in [4.78, 5) is 69.9. The number of amides is 5. The van der Waals surface area contributed by atoms with Gasteiger partial charge in [-0.2, -0.15) is 0 Å². The van der Waals surface area contributed by atoms with Gasteiger partial charge in [-0.15, -0.1) is 0 Å². The lowest BCUT2D eigenvalue weighted by molar-refractivity contribution is -0.144. The molecular formula is C38H49N6O7. The Morgan fingerprint density at radius 3 is 2.16 bits per heavy atom. The van der Waals surface area contributed by atoms with Crippen LogP contribution in [0, 0.1) is 19.4 Å². The van der Waals surface area contributed by atoms with Crippen molar-refractivity contribution in [2.75, 3.05) is 69.9 Å². The van der Waals surface area contributed by atoms with Crippen molar-refractivity contribution < 1.29 is 33.4 Å². The van der Waals surface area contributed by atoms with E-state index in [0.717, 1.165) is 5.56 Å². The maximum Gasteiger partial charge on any atom is 0.323 e. The summed E-state index contributed by atoms with van der Waals surface area (Å²) in [5, 5.41) is 8.31. The predicted octanol–water partition coefficient (Wildman–Crippen LogP) is 5.26. The average molecular weight is 702 g/mol. The van der Waals surface area contributed by atoms with Crippen LogP contribution >= 0.6 is 0 Å². The van der Waals surface area contributed by atoms with Crippen molar-refractivity contribution in [3.05, 3.63) is 90.5 Å². The van der Waals surface area contributed by atoms with E-state index in [4.69, 9.17) is 9.47 Å². The molecule has 0 spiro atoms. The summed E-state index contributed by atoms with van der Waals surface area (Å²) >= 11 is 0. The van der Waals surface area contributed by atoms with E-state index in [9.17, 15) is 24.0 Å². The summed E-state index contributed by atoms with van der Waals surface area (Å²) < 4.78 is 10.6. The number of para-hydroxylation sites is 1. The molecule has 0 saturated carbocycles. The predicted molar refractivity (Wildman–Crippen MR) is 197 cm³/mol. The number of esters is 1. The fourth-order valence-corrected chi connectivity index (χ4v) is 4.69. The number of ether oxygens (including phenoxy) is 2. The van der Waals surface area contributed by atoms with Gasteiger partial charge in [-0.3, -0.25) is 19.2 Å². The SMILES string of the molecule is COc1cccc(C(=O)N(CCC(=O)OCCN(C)C)CC(=O)N([CH]C(=O)Nc2ccc(NC(=O)Nc3ccccc3C)cc2)CCC(C)C)c1. The van der Waals surface area contributed by atoms with Crippen LogP contribution in [-0.2, 0) is 19.1 Å². The van der Waals surface area contributed by atoms with Gasteiger partial charge in [0.25, 0.3) is 5.91 Å². The first-order chi connectivity index (χ1) is 24.3. The number of benzene rings is 3. The number of hydrogen-bond donors (Lipinski definition) is 3. The Morgan fingerprint density at radius 1 is 0.824 bits per heavy atom. The molecule has 0 bridgehead atoms. The lowest BCUT2D eigenvalue weighted by Crippen LogP contribution is -2.44. The molecule has 0 aliphatic rings. The maximum absolute atomic E-state index is 13.7.